The van der Waals surface area contributed by atoms with Crippen LogP contribution in [0, 0.1) is 6.92 Å². The minimum atomic E-state index is 0.556. The molecule has 12 heavy (non-hydrogen) atoms. The van der Waals surface area contributed by atoms with Gasteiger partial charge in [0.05, 0.1) is 11.6 Å². The van der Waals surface area contributed by atoms with Gasteiger partial charge in [0.25, 0.3) is 0 Å². The minimum absolute atomic E-state index is 0.556. The van der Waals surface area contributed by atoms with Crippen molar-refractivity contribution in [3.63, 3.8) is 0 Å². The Morgan fingerprint density at radius 3 is 2.75 bits per heavy atom. The van der Waals surface area contributed by atoms with Gasteiger partial charge in [-0.25, -0.2) is 0 Å². The highest BCUT2D eigenvalue weighted by Gasteiger charge is 2.00. The summed E-state index contributed by atoms with van der Waals surface area (Å²) >= 11 is 11.6. The van der Waals surface area contributed by atoms with Crippen LogP contribution in [0.15, 0.2) is 18.2 Å². The fourth-order valence-electron chi connectivity index (χ4n) is 0.770. The summed E-state index contributed by atoms with van der Waals surface area (Å²) < 4.78 is 5.29. The van der Waals surface area contributed by atoms with Gasteiger partial charge >= 0.3 is 0 Å². The molecule has 0 saturated carbocycles. The normalized spacial score (nSPS) is 9.92. The Hall–Kier alpha value is -0.400. The molecule has 0 heterocycles. The number of ether oxygens (including phenoxy) is 1. The first-order valence-corrected chi connectivity index (χ1v) is 4.36. The van der Waals surface area contributed by atoms with Gasteiger partial charge in [-0.3, -0.25) is 0 Å². The summed E-state index contributed by atoms with van der Waals surface area (Å²) in [4.78, 5) is 0. The van der Waals surface area contributed by atoms with Crippen molar-refractivity contribution >= 4 is 23.2 Å². The fraction of sp³-hybridized carbons (Fsp3) is 0.222. The quantitative estimate of drug-likeness (QED) is 0.730. The second kappa shape index (κ2) is 4.58. The second-order valence-corrected chi connectivity index (χ2v) is 3.12. The predicted molar refractivity (Wildman–Crippen MR) is 51.9 cm³/mol. The summed E-state index contributed by atoms with van der Waals surface area (Å²) in [7, 11) is 0. The van der Waals surface area contributed by atoms with E-state index in [9.17, 15) is 0 Å². The highest BCUT2D eigenvalue weighted by atomic mass is 35.5. The third-order valence-electron chi connectivity index (χ3n) is 1.30. The first kappa shape index (κ1) is 9.69. The zero-order chi connectivity index (χ0) is 8.97. The smallest absolute Gasteiger partial charge is 0.139 e. The molecule has 1 nitrogen and oxygen atoms in total. The Morgan fingerprint density at radius 2 is 2.08 bits per heavy atom. The Labute approximate surface area is 82.2 Å². The van der Waals surface area contributed by atoms with Crippen LogP contribution in [0.4, 0.5) is 0 Å². The molecule has 0 bridgehead atoms. The van der Waals surface area contributed by atoms with Gasteiger partial charge in [-0.1, -0.05) is 23.2 Å². The first-order chi connectivity index (χ1) is 5.74. The average Bonchev–Trinajstić information content (AvgIpc) is 2.07. The van der Waals surface area contributed by atoms with Crippen molar-refractivity contribution in [1.29, 1.82) is 0 Å². The monoisotopic (exact) mass is 203 g/mol. The van der Waals surface area contributed by atoms with Crippen LogP contribution in [0.25, 0.3) is 0 Å². The van der Waals surface area contributed by atoms with Crippen LogP contribution >= 0.6 is 23.2 Å². The van der Waals surface area contributed by atoms with Crippen LogP contribution in [0.2, 0.25) is 10.0 Å². The van der Waals surface area contributed by atoms with Gasteiger partial charge < -0.3 is 4.74 Å². The highest BCUT2D eigenvalue weighted by Crippen LogP contribution is 2.27. The molecule has 0 amide bonds. The largest absolute Gasteiger partial charge is 0.492 e. The average molecular weight is 204 g/mol. The lowest BCUT2D eigenvalue weighted by Crippen LogP contribution is -1.95. The molecule has 0 saturated heterocycles. The van der Waals surface area contributed by atoms with E-state index in [1.807, 2.05) is 0 Å². The third kappa shape index (κ3) is 2.58. The SMILES string of the molecule is [CH2]CCOc1cc(Cl)ccc1Cl. The lowest BCUT2D eigenvalue weighted by Gasteiger charge is -2.06. The number of hydrogen-bond donors (Lipinski definition) is 0. The maximum absolute atomic E-state index is 5.83. The van der Waals surface area contributed by atoms with Crippen LogP contribution in [-0.2, 0) is 0 Å². The molecule has 0 aliphatic rings. The van der Waals surface area contributed by atoms with Gasteiger partial charge in [0, 0.05) is 11.1 Å². The zero-order valence-electron chi connectivity index (χ0n) is 6.52. The summed E-state index contributed by atoms with van der Waals surface area (Å²) in [6, 6.07) is 5.13. The van der Waals surface area contributed by atoms with E-state index in [1.165, 1.54) is 0 Å². The lowest BCUT2D eigenvalue weighted by atomic mass is 10.3. The van der Waals surface area contributed by atoms with Crippen molar-refractivity contribution in [3.05, 3.63) is 35.2 Å². The molecule has 1 rings (SSSR count). The number of halogens is 2. The summed E-state index contributed by atoms with van der Waals surface area (Å²) in [6.07, 6.45) is 0.711. The maximum Gasteiger partial charge on any atom is 0.139 e. The zero-order valence-corrected chi connectivity index (χ0v) is 8.03. The molecule has 0 aliphatic carbocycles. The predicted octanol–water partition coefficient (Wildman–Crippen LogP) is 3.60. The Balaban J connectivity index is 2.75. The lowest BCUT2D eigenvalue weighted by molar-refractivity contribution is 0.324. The maximum atomic E-state index is 5.83. The van der Waals surface area contributed by atoms with Crippen molar-refractivity contribution in [2.45, 2.75) is 6.42 Å². The first-order valence-electron chi connectivity index (χ1n) is 3.61. The Bertz CT molecular complexity index is 261. The molecule has 0 fully saturated rings. The molecule has 0 N–H and O–H groups in total. The van der Waals surface area contributed by atoms with Gasteiger partial charge in [0.1, 0.15) is 5.75 Å². The van der Waals surface area contributed by atoms with E-state index < -0.39 is 0 Å². The van der Waals surface area contributed by atoms with Crippen LogP contribution in [0.3, 0.4) is 0 Å². The van der Waals surface area contributed by atoms with E-state index in [0.29, 0.717) is 28.8 Å². The van der Waals surface area contributed by atoms with Crippen LogP contribution in [-0.4, -0.2) is 6.61 Å². The molecule has 1 aromatic carbocycles. The molecule has 1 radical (unpaired) electrons. The molecular weight excluding hydrogens is 195 g/mol. The summed E-state index contributed by atoms with van der Waals surface area (Å²) in [5.41, 5.74) is 0. The second-order valence-electron chi connectivity index (χ2n) is 2.28. The minimum Gasteiger partial charge on any atom is -0.492 e. The highest BCUT2D eigenvalue weighted by molar-refractivity contribution is 6.34. The van der Waals surface area contributed by atoms with Crippen LogP contribution in [0.1, 0.15) is 6.42 Å². The molecule has 0 atom stereocenters. The van der Waals surface area contributed by atoms with E-state index >= 15 is 0 Å². The number of rotatable bonds is 3. The van der Waals surface area contributed by atoms with E-state index in [2.05, 4.69) is 6.92 Å². The molecule has 0 spiro atoms. The molecule has 0 aromatic heterocycles. The topological polar surface area (TPSA) is 9.23 Å². The van der Waals surface area contributed by atoms with Crippen LogP contribution < -0.4 is 4.74 Å². The van der Waals surface area contributed by atoms with Gasteiger partial charge in [-0.15, -0.1) is 0 Å². The molecule has 1 aromatic rings. The van der Waals surface area contributed by atoms with E-state index in [1.54, 1.807) is 18.2 Å². The van der Waals surface area contributed by atoms with Crippen molar-refractivity contribution < 1.29 is 4.74 Å². The van der Waals surface area contributed by atoms with Gasteiger partial charge in [-0.2, -0.15) is 0 Å². The Kier molecular flexibility index (Phi) is 3.70. The molecular formula is C9H9Cl2O. The van der Waals surface area contributed by atoms with E-state index in [0.717, 1.165) is 0 Å². The Morgan fingerprint density at radius 1 is 1.33 bits per heavy atom. The third-order valence-corrected chi connectivity index (χ3v) is 1.84. The molecule has 0 unspecified atom stereocenters. The van der Waals surface area contributed by atoms with Gasteiger partial charge in [-0.05, 0) is 25.5 Å². The fourth-order valence-corrected chi connectivity index (χ4v) is 1.10. The molecule has 0 aliphatic heterocycles. The number of hydrogen-bond acceptors (Lipinski definition) is 1. The van der Waals surface area contributed by atoms with Gasteiger partial charge in [0.15, 0.2) is 0 Å². The van der Waals surface area contributed by atoms with Gasteiger partial charge in [0.2, 0.25) is 0 Å². The van der Waals surface area contributed by atoms with Crippen molar-refractivity contribution in [2.24, 2.45) is 0 Å². The van der Waals surface area contributed by atoms with Crippen molar-refractivity contribution in [3.8, 4) is 5.75 Å². The molecule has 3 heteroatoms. The summed E-state index contributed by atoms with van der Waals surface area (Å²) in [6.45, 7) is 4.21. The molecule has 65 valence electrons. The summed E-state index contributed by atoms with van der Waals surface area (Å²) in [5.74, 6) is 0.618. The van der Waals surface area contributed by atoms with Crippen LogP contribution in [0.5, 0.6) is 5.75 Å². The van der Waals surface area contributed by atoms with E-state index in [-0.39, 0.29) is 0 Å². The standard InChI is InChI=1S/C9H9Cl2O/c1-2-5-12-9-6-7(10)3-4-8(9)11/h3-4,6H,1-2,5H2. The number of benzene rings is 1. The van der Waals surface area contributed by atoms with Crippen molar-refractivity contribution in [1.82, 2.24) is 0 Å². The van der Waals surface area contributed by atoms with Crippen molar-refractivity contribution in [2.75, 3.05) is 6.61 Å². The summed E-state index contributed by atoms with van der Waals surface area (Å²) in [5, 5.41) is 1.20. The van der Waals surface area contributed by atoms with E-state index in [4.69, 9.17) is 27.9 Å².